The highest BCUT2D eigenvalue weighted by atomic mass is 16.5. The minimum atomic E-state index is -0.941. The number of nitrogens with one attached hydrogen (secondary N) is 2. The van der Waals surface area contributed by atoms with Crippen LogP contribution in [0, 0.1) is 5.92 Å². The minimum absolute atomic E-state index is 0.0384. The van der Waals surface area contributed by atoms with Crippen LogP contribution in [0.15, 0.2) is 48.5 Å². The molecule has 2 aromatic rings. The number of amides is 2. The zero-order chi connectivity index (χ0) is 22.3. The van der Waals surface area contributed by atoms with Gasteiger partial charge in [-0.05, 0) is 54.4 Å². The van der Waals surface area contributed by atoms with Crippen LogP contribution in [0.2, 0.25) is 0 Å². The zero-order valence-electron chi connectivity index (χ0n) is 17.7. The first kappa shape index (κ1) is 20.5. The summed E-state index contributed by atoms with van der Waals surface area (Å²) in [5.41, 5.74) is 3.64. The number of carbonyl (C=O) groups is 3. The summed E-state index contributed by atoms with van der Waals surface area (Å²) in [5.74, 6) is -1.52. The van der Waals surface area contributed by atoms with E-state index in [9.17, 15) is 14.4 Å². The highest BCUT2D eigenvalue weighted by Gasteiger charge is 2.52. The number of benzene rings is 2. The van der Waals surface area contributed by atoms with Crippen LogP contribution in [0.1, 0.15) is 49.1 Å². The fourth-order valence-corrected chi connectivity index (χ4v) is 5.02. The number of carboxylic acid groups (broad SMARTS) is 1. The van der Waals surface area contributed by atoms with Gasteiger partial charge in [-0.1, -0.05) is 48.5 Å². The molecule has 0 aromatic heterocycles. The molecule has 2 fully saturated rings. The van der Waals surface area contributed by atoms with Crippen LogP contribution < -0.4 is 10.6 Å². The van der Waals surface area contributed by atoms with E-state index in [-0.39, 0.29) is 24.5 Å². The monoisotopic (exact) mass is 434 g/mol. The van der Waals surface area contributed by atoms with E-state index < -0.39 is 23.5 Å². The van der Waals surface area contributed by atoms with Crippen LogP contribution >= 0.6 is 0 Å². The summed E-state index contributed by atoms with van der Waals surface area (Å²) in [5, 5.41) is 14.8. The molecule has 2 aromatic carbocycles. The number of hydrogen-bond donors (Lipinski definition) is 3. The van der Waals surface area contributed by atoms with Crippen molar-refractivity contribution in [1.82, 2.24) is 10.6 Å². The van der Waals surface area contributed by atoms with Gasteiger partial charge in [-0.25, -0.2) is 4.79 Å². The number of carbonyl (C=O) groups excluding carboxylic acids is 2. The fourth-order valence-electron chi connectivity index (χ4n) is 5.02. The summed E-state index contributed by atoms with van der Waals surface area (Å²) < 4.78 is 5.58. The molecule has 2 amide bonds. The summed E-state index contributed by atoms with van der Waals surface area (Å²) >= 11 is 0. The number of alkyl carbamates (subject to hydrolysis) is 1. The van der Waals surface area contributed by atoms with Gasteiger partial charge < -0.3 is 20.5 Å². The summed E-state index contributed by atoms with van der Waals surface area (Å²) in [7, 11) is 0. The Bertz CT molecular complexity index is 1030. The first-order valence-electron chi connectivity index (χ1n) is 11.1. The van der Waals surface area contributed by atoms with Crippen molar-refractivity contribution in [1.29, 1.82) is 0 Å². The van der Waals surface area contributed by atoms with Gasteiger partial charge in [-0.3, -0.25) is 9.59 Å². The summed E-state index contributed by atoms with van der Waals surface area (Å²) in [4.78, 5) is 36.5. The lowest BCUT2D eigenvalue weighted by Crippen LogP contribution is -2.51. The van der Waals surface area contributed by atoms with Gasteiger partial charge in [0.1, 0.15) is 12.1 Å². The van der Waals surface area contributed by atoms with Gasteiger partial charge in [0, 0.05) is 12.0 Å². The minimum Gasteiger partial charge on any atom is -0.481 e. The third-order valence-corrected chi connectivity index (χ3v) is 6.99. The molecule has 0 bridgehead atoms. The molecule has 166 valence electrons. The molecule has 3 aliphatic carbocycles. The predicted molar refractivity (Wildman–Crippen MR) is 117 cm³/mol. The van der Waals surface area contributed by atoms with Crippen LogP contribution in [0.25, 0.3) is 11.1 Å². The van der Waals surface area contributed by atoms with E-state index in [1.807, 2.05) is 24.3 Å². The topological polar surface area (TPSA) is 105 Å². The first-order valence-corrected chi connectivity index (χ1v) is 11.1. The average molecular weight is 434 g/mol. The largest absolute Gasteiger partial charge is 0.481 e. The lowest BCUT2D eigenvalue weighted by atomic mass is 9.98. The second kappa shape index (κ2) is 7.97. The fraction of sp³-hybridized carbons (Fsp3) is 0.400. The molecule has 2 atom stereocenters. The maximum Gasteiger partial charge on any atom is 0.408 e. The summed E-state index contributed by atoms with van der Waals surface area (Å²) in [6.07, 6.45) is 2.14. The van der Waals surface area contributed by atoms with Crippen molar-refractivity contribution < 1.29 is 24.2 Å². The predicted octanol–water partition coefficient (Wildman–Crippen LogP) is 3.43. The van der Waals surface area contributed by atoms with Crippen molar-refractivity contribution in [2.45, 2.75) is 49.6 Å². The molecule has 32 heavy (non-hydrogen) atoms. The molecule has 0 aliphatic heterocycles. The van der Waals surface area contributed by atoms with Crippen molar-refractivity contribution >= 4 is 18.0 Å². The highest BCUT2D eigenvalue weighted by molar-refractivity contribution is 5.93. The average Bonchev–Trinajstić information content (AvgIpc) is 3.29. The molecular weight excluding hydrogens is 408 g/mol. The van der Waals surface area contributed by atoms with E-state index in [1.54, 1.807) is 0 Å². The van der Waals surface area contributed by atoms with Gasteiger partial charge in [-0.15, -0.1) is 0 Å². The summed E-state index contributed by atoms with van der Waals surface area (Å²) in [6.45, 7) is 0.195. The lowest BCUT2D eigenvalue weighted by Gasteiger charge is -2.21. The molecule has 7 heteroatoms. The van der Waals surface area contributed by atoms with Crippen molar-refractivity contribution in [3.8, 4) is 11.1 Å². The van der Waals surface area contributed by atoms with E-state index in [4.69, 9.17) is 9.84 Å². The molecule has 2 saturated carbocycles. The van der Waals surface area contributed by atoms with Crippen molar-refractivity contribution in [3.05, 3.63) is 59.7 Å². The number of rotatable bonds is 6. The number of carboxylic acids is 1. The van der Waals surface area contributed by atoms with Crippen LogP contribution in [0.3, 0.4) is 0 Å². The van der Waals surface area contributed by atoms with Gasteiger partial charge >= 0.3 is 12.1 Å². The van der Waals surface area contributed by atoms with E-state index in [0.29, 0.717) is 32.1 Å². The number of fused-ring (bicyclic) bond motifs is 3. The SMILES string of the molecule is O=C(NC1(C(=O)N[C@H]2CC[C@@H](C(=O)O)C2)CC1)OCC1c2ccccc2-c2ccccc21. The standard InChI is InChI=1S/C25H26N2O5/c28-22(29)15-9-10-16(13-15)26-23(30)25(11-12-25)27-24(31)32-14-21-19-7-3-1-5-17(19)18-6-2-4-8-20(18)21/h1-8,15-16,21H,9-14H2,(H,26,30)(H,27,31)(H,28,29)/t15-,16+/m1/s1. The molecule has 7 nitrogen and oxygen atoms in total. The number of aliphatic carboxylic acids is 1. The number of ether oxygens (including phenoxy) is 1. The first-order chi connectivity index (χ1) is 15.5. The van der Waals surface area contributed by atoms with Gasteiger partial charge in [-0.2, -0.15) is 0 Å². The normalized spacial score (nSPS) is 22.5. The molecule has 5 rings (SSSR count). The highest BCUT2D eigenvalue weighted by Crippen LogP contribution is 2.44. The Hall–Kier alpha value is -3.35. The third kappa shape index (κ3) is 3.72. The second-order valence-corrected chi connectivity index (χ2v) is 9.05. The maximum atomic E-state index is 12.8. The molecule has 0 spiro atoms. The molecule has 0 radical (unpaired) electrons. The Morgan fingerprint density at radius 1 is 0.969 bits per heavy atom. The van der Waals surface area contributed by atoms with Gasteiger partial charge in [0.25, 0.3) is 0 Å². The zero-order valence-corrected chi connectivity index (χ0v) is 17.7. The molecule has 0 saturated heterocycles. The van der Waals surface area contributed by atoms with Gasteiger partial charge in [0.15, 0.2) is 0 Å². The number of hydrogen-bond acceptors (Lipinski definition) is 4. The van der Waals surface area contributed by atoms with Crippen LogP contribution in [-0.4, -0.2) is 41.3 Å². The summed E-state index contributed by atoms with van der Waals surface area (Å²) in [6, 6.07) is 16.1. The maximum absolute atomic E-state index is 12.8. The van der Waals surface area contributed by atoms with E-state index in [2.05, 4.69) is 34.9 Å². The van der Waals surface area contributed by atoms with Crippen LogP contribution in [0.5, 0.6) is 0 Å². The smallest absolute Gasteiger partial charge is 0.408 e. The van der Waals surface area contributed by atoms with Crippen molar-refractivity contribution in [2.75, 3.05) is 6.61 Å². The Morgan fingerprint density at radius 3 is 2.16 bits per heavy atom. The van der Waals surface area contributed by atoms with E-state index in [1.165, 1.54) is 0 Å². The molecular formula is C25H26N2O5. The van der Waals surface area contributed by atoms with Crippen molar-refractivity contribution in [2.24, 2.45) is 5.92 Å². The van der Waals surface area contributed by atoms with Crippen molar-refractivity contribution in [3.63, 3.8) is 0 Å². The Balaban J connectivity index is 1.19. The Labute approximate surface area is 186 Å². The van der Waals surface area contributed by atoms with Crippen LogP contribution in [0.4, 0.5) is 4.79 Å². The Morgan fingerprint density at radius 2 is 1.59 bits per heavy atom. The molecule has 3 N–H and O–H groups in total. The lowest BCUT2D eigenvalue weighted by molar-refractivity contribution is -0.141. The molecule has 0 heterocycles. The second-order valence-electron chi connectivity index (χ2n) is 9.05. The van der Waals surface area contributed by atoms with Crippen LogP contribution in [-0.2, 0) is 14.3 Å². The van der Waals surface area contributed by atoms with E-state index >= 15 is 0 Å². The van der Waals surface area contributed by atoms with Gasteiger partial charge in [0.2, 0.25) is 5.91 Å². The molecule has 0 unspecified atom stereocenters. The molecule has 3 aliphatic rings. The third-order valence-electron chi connectivity index (χ3n) is 6.99. The van der Waals surface area contributed by atoms with E-state index in [0.717, 1.165) is 22.3 Å². The quantitative estimate of drug-likeness (QED) is 0.646. The Kier molecular flexibility index (Phi) is 5.12. The van der Waals surface area contributed by atoms with Gasteiger partial charge in [0.05, 0.1) is 5.92 Å².